The van der Waals surface area contributed by atoms with Crippen molar-refractivity contribution in [1.82, 2.24) is 15.0 Å². The number of hydrogen-bond acceptors (Lipinski definition) is 4. The molecule has 1 unspecified atom stereocenters. The van der Waals surface area contributed by atoms with Crippen LogP contribution in [-0.2, 0) is 14.7 Å². The molecule has 0 saturated heterocycles. The van der Waals surface area contributed by atoms with E-state index in [2.05, 4.69) is 10.3 Å². The van der Waals surface area contributed by atoms with Crippen LogP contribution in [0.4, 0.5) is 0 Å². The van der Waals surface area contributed by atoms with Crippen LogP contribution in [0.3, 0.4) is 0 Å². The fourth-order valence-electron chi connectivity index (χ4n) is 2.31. The number of carboxylic acid groups (broad SMARTS) is 1. The second-order valence-corrected chi connectivity index (χ2v) is 7.68. The molecule has 0 amide bonds. The van der Waals surface area contributed by atoms with E-state index in [1.165, 1.54) is 4.68 Å². The Hall–Kier alpha value is -1.86. The Morgan fingerprint density at radius 1 is 1.35 bits per heavy atom. The van der Waals surface area contributed by atoms with Crippen molar-refractivity contribution in [3.63, 3.8) is 0 Å². The lowest BCUT2D eigenvalue weighted by Gasteiger charge is -2.18. The summed E-state index contributed by atoms with van der Waals surface area (Å²) in [5.74, 6) is 0.000484. The Morgan fingerprint density at radius 2 is 2.04 bits per heavy atom. The summed E-state index contributed by atoms with van der Waals surface area (Å²) in [6, 6.07) is 9.29. The molecule has 2 aromatic rings. The van der Waals surface area contributed by atoms with Crippen molar-refractivity contribution < 1.29 is 14.1 Å². The third kappa shape index (κ3) is 4.80. The molecule has 1 aromatic carbocycles. The summed E-state index contributed by atoms with van der Waals surface area (Å²) in [6.07, 6.45) is 2.24. The van der Waals surface area contributed by atoms with E-state index in [-0.39, 0.29) is 5.92 Å². The van der Waals surface area contributed by atoms with Gasteiger partial charge in [0.2, 0.25) is 0 Å². The molecular formula is C16H23N3O3S. The van der Waals surface area contributed by atoms with Crippen molar-refractivity contribution in [1.29, 1.82) is 0 Å². The Bertz CT molecular complexity index is 631. The van der Waals surface area contributed by atoms with Crippen molar-refractivity contribution in [3.8, 4) is 0 Å². The molecule has 0 radical (unpaired) electrons. The Labute approximate surface area is 139 Å². The fraction of sp³-hybridized carbons (Fsp3) is 0.438. The van der Waals surface area contributed by atoms with Gasteiger partial charge in [-0.25, -0.2) is 9.48 Å². The molecular weight excluding hydrogens is 314 g/mol. The second-order valence-electron chi connectivity index (χ2n) is 5.73. The van der Waals surface area contributed by atoms with Crippen LogP contribution in [0.15, 0.2) is 41.4 Å². The molecule has 0 aliphatic carbocycles. The molecule has 1 heterocycles. The summed E-state index contributed by atoms with van der Waals surface area (Å²) in [7, 11) is 1.68. The second kappa shape index (κ2) is 8.12. The zero-order chi connectivity index (χ0) is 16.8. The average molecular weight is 337 g/mol. The minimum atomic E-state index is -0.882. The first-order valence-electron chi connectivity index (χ1n) is 7.51. The van der Waals surface area contributed by atoms with Crippen molar-refractivity contribution in [2.45, 2.75) is 37.0 Å². The van der Waals surface area contributed by atoms with Crippen molar-refractivity contribution in [3.05, 3.63) is 42.2 Å². The van der Waals surface area contributed by atoms with Gasteiger partial charge in [0.15, 0.2) is 6.04 Å². The molecule has 0 aliphatic heterocycles. The summed E-state index contributed by atoms with van der Waals surface area (Å²) >= 11 is -0.831. The van der Waals surface area contributed by atoms with Crippen LogP contribution in [0.2, 0.25) is 0 Å². The predicted molar refractivity (Wildman–Crippen MR) is 90.6 cm³/mol. The summed E-state index contributed by atoms with van der Waals surface area (Å²) in [5.41, 5.74) is 0.747. The van der Waals surface area contributed by atoms with Gasteiger partial charge in [-0.3, -0.25) is 0 Å². The van der Waals surface area contributed by atoms with Gasteiger partial charge in [0.05, 0.1) is 11.9 Å². The van der Waals surface area contributed by atoms with E-state index in [4.69, 9.17) is 4.18 Å². The summed E-state index contributed by atoms with van der Waals surface area (Å²) in [6.45, 7) is 3.99. The molecule has 6 nitrogen and oxygen atoms in total. The zero-order valence-corrected chi connectivity index (χ0v) is 14.5. The number of thiol groups is 1. The van der Waals surface area contributed by atoms with Gasteiger partial charge in [-0.1, -0.05) is 37.3 Å². The van der Waals surface area contributed by atoms with E-state index >= 15 is 0 Å². The van der Waals surface area contributed by atoms with Crippen LogP contribution >= 0.6 is 11.2 Å². The van der Waals surface area contributed by atoms with E-state index in [0.717, 1.165) is 10.6 Å². The van der Waals surface area contributed by atoms with Gasteiger partial charge in [-0.15, -0.1) is 16.3 Å². The molecule has 0 saturated carbocycles. The smallest absolute Gasteiger partial charge is 0.328 e. The molecule has 1 aromatic heterocycles. The molecule has 2 atom stereocenters. The van der Waals surface area contributed by atoms with E-state index < -0.39 is 23.2 Å². The third-order valence-corrected chi connectivity index (χ3v) is 5.35. The number of hydrogen-bond donors (Lipinski definition) is 2. The number of aliphatic carboxylic acids is 1. The number of rotatable bonds is 8. The monoisotopic (exact) mass is 337 g/mol. The van der Waals surface area contributed by atoms with Crippen LogP contribution in [0.25, 0.3) is 0 Å². The molecule has 2 rings (SSSR count). The largest absolute Gasteiger partial charge is 0.480 e. The predicted octanol–water partition coefficient (Wildman–Crippen LogP) is 3.07. The third-order valence-electron chi connectivity index (χ3n) is 3.43. The first-order valence-corrected chi connectivity index (χ1v) is 8.96. The highest BCUT2D eigenvalue weighted by molar-refractivity contribution is 8.12. The van der Waals surface area contributed by atoms with E-state index in [0.29, 0.717) is 12.2 Å². The van der Waals surface area contributed by atoms with Crippen molar-refractivity contribution >= 4 is 17.1 Å². The summed E-state index contributed by atoms with van der Waals surface area (Å²) < 4.78 is 7.04. The lowest BCUT2D eigenvalue weighted by Crippen LogP contribution is -2.21. The maximum Gasteiger partial charge on any atom is 0.328 e. The van der Waals surface area contributed by atoms with Crippen LogP contribution in [0.5, 0.6) is 0 Å². The highest BCUT2D eigenvalue weighted by Gasteiger charge is 2.23. The minimum Gasteiger partial charge on any atom is -0.480 e. The van der Waals surface area contributed by atoms with Crippen LogP contribution < -0.4 is 0 Å². The average Bonchev–Trinajstić information content (AvgIpc) is 2.99. The minimum absolute atomic E-state index is 0.268. The number of carboxylic acids is 1. The number of carbonyl (C=O) groups is 1. The van der Waals surface area contributed by atoms with Gasteiger partial charge in [0, 0.05) is 17.8 Å². The summed E-state index contributed by atoms with van der Waals surface area (Å²) in [5, 5.41) is 17.5. The van der Waals surface area contributed by atoms with Gasteiger partial charge in [0.25, 0.3) is 0 Å². The molecule has 126 valence electrons. The standard InChI is InChI=1S/C16H23N3O3S/c1-12(2)9-15(16(20)21)19-10-13(17-18-19)11-23(22-3)14-7-5-4-6-8-14/h4-8,10,12,15,23H,9,11H2,1-3H3,(H,20,21)/t15-/m0/s1. The van der Waals surface area contributed by atoms with Crippen LogP contribution in [0.1, 0.15) is 32.0 Å². The molecule has 7 heteroatoms. The van der Waals surface area contributed by atoms with Gasteiger partial charge in [-0.05, 0) is 24.5 Å². The van der Waals surface area contributed by atoms with Crippen molar-refractivity contribution in [2.75, 3.05) is 7.11 Å². The summed E-state index contributed by atoms with van der Waals surface area (Å²) in [4.78, 5) is 12.6. The quantitative estimate of drug-likeness (QED) is 0.724. The lowest BCUT2D eigenvalue weighted by molar-refractivity contribution is -0.141. The first kappa shape index (κ1) is 17.5. The molecule has 0 fully saturated rings. The Balaban J connectivity index is 2.13. The van der Waals surface area contributed by atoms with Crippen molar-refractivity contribution in [2.24, 2.45) is 5.92 Å². The van der Waals surface area contributed by atoms with Crippen LogP contribution in [-0.4, -0.2) is 33.2 Å². The molecule has 0 bridgehead atoms. The van der Waals surface area contributed by atoms with E-state index in [1.807, 2.05) is 44.2 Å². The molecule has 0 aliphatic rings. The fourth-order valence-corrected chi connectivity index (χ4v) is 3.78. The number of nitrogens with zero attached hydrogens (tertiary/aromatic N) is 3. The molecule has 23 heavy (non-hydrogen) atoms. The van der Waals surface area contributed by atoms with Gasteiger partial charge < -0.3 is 9.29 Å². The van der Waals surface area contributed by atoms with Crippen LogP contribution in [0, 0.1) is 5.92 Å². The number of benzene rings is 1. The molecule has 1 N–H and O–H groups in total. The highest BCUT2D eigenvalue weighted by atomic mass is 32.2. The first-order chi connectivity index (χ1) is 11.0. The van der Waals surface area contributed by atoms with E-state index in [9.17, 15) is 9.90 Å². The number of aromatic nitrogens is 3. The van der Waals surface area contributed by atoms with Gasteiger partial charge >= 0.3 is 5.97 Å². The normalized spacial score (nSPS) is 14.7. The van der Waals surface area contributed by atoms with Gasteiger partial charge in [0.1, 0.15) is 0 Å². The zero-order valence-electron chi connectivity index (χ0n) is 13.6. The topological polar surface area (TPSA) is 77.2 Å². The highest BCUT2D eigenvalue weighted by Crippen LogP contribution is 2.39. The molecule has 0 spiro atoms. The van der Waals surface area contributed by atoms with E-state index in [1.54, 1.807) is 13.3 Å². The lowest BCUT2D eigenvalue weighted by atomic mass is 10.0. The Morgan fingerprint density at radius 3 is 2.61 bits per heavy atom. The van der Waals surface area contributed by atoms with Gasteiger partial charge in [-0.2, -0.15) is 0 Å². The maximum atomic E-state index is 11.4. The Kier molecular flexibility index (Phi) is 6.18. The SMILES string of the molecule is CO[SH](Cc1cn([C@@H](CC(C)C)C(=O)O)nn1)c1ccccc1. The maximum absolute atomic E-state index is 11.4.